The van der Waals surface area contributed by atoms with Gasteiger partial charge in [0.2, 0.25) is 0 Å². The number of benzene rings is 1. The summed E-state index contributed by atoms with van der Waals surface area (Å²) in [5, 5.41) is 14.0. The Hall–Kier alpha value is -1.62. The van der Waals surface area contributed by atoms with E-state index in [-0.39, 0.29) is 5.69 Å². The molecule has 5 nitrogen and oxygen atoms in total. The van der Waals surface area contributed by atoms with Crippen molar-refractivity contribution in [1.82, 2.24) is 5.32 Å². The molecule has 0 saturated carbocycles. The molecule has 0 amide bonds. The van der Waals surface area contributed by atoms with Gasteiger partial charge < -0.3 is 10.1 Å². The summed E-state index contributed by atoms with van der Waals surface area (Å²) in [5.74, 6) is 0.316. The lowest BCUT2D eigenvalue weighted by atomic mass is 10.1. The molecule has 0 spiro atoms. The van der Waals surface area contributed by atoms with E-state index >= 15 is 0 Å². The van der Waals surface area contributed by atoms with Crippen molar-refractivity contribution in [3.8, 4) is 5.75 Å². The number of ether oxygens (including phenoxy) is 1. The van der Waals surface area contributed by atoms with Crippen molar-refractivity contribution in [1.29, 1.82) is 0 Å². The molecule has 1 N–H and O–H groups in total. The summed E-state index contributed by atoms with van der Waals surface area (Å²) in [6.07, 6.45) is 0.822. The van der Waals surface area contributed by atoms with Crippen LogP contribution in [0, 0.1) is 10.1 Å². The van der Waals surface area contributed by atoms with Gasteiger partial charge in [-0.3, -0.25) is 10.1 Å². The topological polar surface area (TPSA) is 64.4 Å². The lowest BCUT2D eigenvalue weighted by Gasteiger charge is -2.12. The minimum atomic E-state index is -0.434. The van der Waals surface area contributed by atoms with Gasteiger partial charge in [0.25, 0.3) is 0 Å². The fourth-order valence-corrected chi connectivity index (χ4v) is 1.77. The molecule has 1 aromatic carbocycles. The lowest BCUT2D eigenvalue weighted by molar-refractivity contribution is -0.385. The summed E-state index contributed by atoms with van der Waals surface area (Å²) in [5.41, 5.74) is 1.04. The molecule has 94 valence electrons. The first-order valence-corrected chi connectivity index (χ1v) is 5.63. The number of nitro groups is 1. The molecule has 17 heavy (non-hydrogen) atoms. The Morgan fingerprint density at radius 1 is 1.53 bits per heavy atom. The summed E-state index contributed by atoms with van der Waals surface area (Å²) in [6, 6.07) is 5.33. The van der Waals surface area contributed by atoms with Crippen molar-refractivity contribution < 1.29 is 9.66 Å². The molecule has 0 bridgehead atoms. The second-order valence-electron chi connectivity index (χ2n) is 3.93. The molecule has 0 aliphatic carbocycles. The largest absolute Gasteiger partial charge is 0.490 e. The fraction of sp³-hybridized carbons (Fsp3) is 0.500. The number of hydrogen-bond donors (Lipinski definition) is 1. The summed E-state index contributed by atoms with van der Waals surface area (Å²) in [6.45, 7) is 5.04. The van der Waals surface area contributed by atoms with Crippen LogP contribution in [0.25, 0.3) is 0 Å². The number of nitrogens with zero attached hydrogens (tertiary/aromatic N) is 1. The summed E-state index contributed by atoms with van der Waals surface area (Å²) >= 11 is 0. The molecule has 1 atom stereocenters. The summed E-state index contributed by atoms with van der Waals surface area (Å²) < 4.78 is 5.03. The van der Waals surface area contributed by atoms with E-state index in [1.165, 1.54) is 13.2 Å². The molecule has 1 unspecified atom stereocenters. The minimum Gasteiger partial charge on any atom is -0.490 e. The first-order valence-electron chi connectivity index (χ1n) is 5.63. The van der Waals surface area contributed by atoms with Gasteiger partial charge in [0.05, 0.1) is 12.0 Å². The van der Waals surface area contributed by atoms with Crippen LogP contribution in [0.1, 0.15) is 19.4 Å². The van der Waals surface area contributed by atoms with Crippen LogP contribution in [-0.4, -0.2) is 24.6 Å². The molecule has 0 aliphatic heterocycles. The number of methoxy groups -OCH3 is 1. The van der Waals surface area contributed by atoms with Crippen LogP contribution in [-0.2, 0) is 6.42 Å². The highest BCUT2D eigenvalue weighted by molar-refractivity contribution is 5.48. The Kier molecular flexibility index (Phi) is 4.90. The zero-order valence-corrected chi connectivity index (χ0v) is 10.4. The zero-order chi connectivity index (χ0) is 12.8. The van der Waals surface area contributed by atoms with E-state index < -0.39 is 4.92 Å². The summed E-state index contributed by atoms with van der Waals surface area (Å²) in [7, 11) is 1.44. The van der Waals surface area contributed by atoms with Gasteiger partial charge in [-0.15, -0.1) is 0 Å². The van der Waals surface area contributed by atoms with Crippen molar-refractivity contribution in [3.05, 3.63) is 33.9 Å². The third kappa shape index (κ3) is 3.71. The smallest absolute Gasteiger partial charge is 0.310 e. The van der Waals surface area contributed by atoms with Crippen LogP contribution < -0.4 is 10.1 Å². The monoisotopic (exact) mass is 238 g/mol. The number of likely N-dealkylation sites (N-methyl/N-ethyl adjacent to an activating group) is 1. The quantitative estimate of drug-likeness (QED) is 0.609. The standard InChI is InChI=1S/C12H18N2O3/c1-4-13-9(2)7-10-5-6-11(14(15)16)12(8-10)17-3/h5-6,8-9,13H,4,7H2,1-3H3. The normalized spacial score (nSPS) is 12.2. The van der Waals surface area contributed by atoms with Crippen molar-refractivity contribution in [2.24, 2.45) is 0 Å². The van der Waals surface area contributed by atoms with Crippen molar-refractivity contribution in [2.75, 3.05) is 13.7 Å². The highest BCUT2D eigenvalue weighted by atomic mass is 16.6. The number of hydrogen-bond acceptors (Lipinski definition) is 4. The molecule has 1 aromatic rings. The van der Waals surface area contributed by atoms with Crippen LogP contribution in [0.2, 0.25) is 0 Å². The fourth-order valence-electron chi connectivity index (χ4n) is 1.77. The average molecular weight is 238 g/mol. The molecule has 0 heterocycles. The average Bonchev–Trinajstić information content (AvgIpc) is 2.28. The molecular formula is C12H18N2O3. The van der Waals surface area contributed by atoms with Gasteiger partial charge in [0.1, 0.15) is 0 Å². The Labute approximate surface area is 101 Å². The number of rotatable bonds is 6. The third-order valence-corrected chi connectivity index (χ3v) is 2.54. The second kappa shape index (κ2) is 6.20. The van der Waals surface area contributed by atoms with E-state index in [2.05, 4.69) is 12.2 Å². The molecule has 1 rings (SSSR count). The second-order valence-corrected chi connectivity index (χ2v) is 3.93. The van der Waals surface area contributed by atoms with Crippen molar-refractivity contribution in [2.45, 2.75) is 26.3 Å². The maximum absolute atomic E-state index is 10.7. The molecule has 0 radical (unpaired) electrons. The highest BCUT2D eigenvalue weighted by Gasteiger charge is 2.15. The number of nitro benzene ring substituents is 1. The molecule has 0 fully saturated rings. The van der Waals surface area contributed by atoms with E-state index in [9.17, 15) is 10.1 Å². The predicted molar refractivity (Wildman–Crippen MR) is 66.5 cm³/mol. The van der Waals surface area contributed by atoms with Crippen LogP contribution in [0.5, 0.6) is 5.75 Å². The molecule has 0 aliphatic rings. The lowest BCUT2D eigenvalue weighted by Crippen LogP contribution is -2.27. The Morgan fingerprint density at radius 3 is 2.76 bits per heavy atom. The molecular weight excluding hydrogens is 220 g/mol. The van der Waals surface area contributed by atoms with Gasteiger partial charge in [-0.1, -0.05) is 13.0 Å². The molecule has 0 saturated heterocycles. The zero-order valence-electron chi connectivity index (χ0n) is 10.4. The Morgan fingerprint density at radius 2 is 2.24 bits per heavy atom. The van der Waals surface area contributed by atoms with E-state index in [1.807, 2.05) is 6.92 Å². The van der Waals surface area contributed by atoms with Gasteiger partial charge in [0.15, 0.2) is 5.75 Å². The maximum Gasteiger partial charge on any atom is 0.310 e. The summed E-state index contributed by atoms with van der Waals surface area (Å²) in [4.78, 5) is 10.3. The first kappa shape index (κ1) is 13.4. The van der Waals surface area contributed by atoms with Gasteiger partial charge in [0, 0.05) is 12.1 Å². The Bertz CT molecular complexity index is 393. The molecule has 5 heteroatoms. The maximum atomic E-state index is 10.7. The SMILES string of the molecule is CCNC(C)Cc1ccc([N+](=O)[O-])c(OC)c1. The number of nitrogens with one attached hydrogen (secondary N) is 1. The van der Waals surface area contributed by atoms with E-state index in [1.54, 1.807) is 12.1 Å². The van der Waals surface area contributed by atoms with Crippen LogP contribution in [0.4, 0.5) is 5.69 Å². The van der Waals surface area contributed by atoms with Gasteiger partial charge in [-0.2, -0.15) is 0 Å². The Balaban J connectivity index is 2.86. The van der Waals surface area contributed by atoms with Gasteiger partial charge in [-0.05, 0) is 31.5 Å². The highest BCUT2D eigenvalue weighted by Crippen LogP contribution is 2.27. The predicted octanol–water partition coefficient (Wildman–Crippen LogP) is 2.14. The first-order chi connectivity index (χ1) is 8.08. The van der Waals surface area contributed by atoms with Crippen molar-refractivity contribution in [3.63, 3.8) is 0 Å². The molecule has 0 aromatic heterocycles. The van der Waals surface area contributed by atoms with E-state index in [4.69, 9.17) is 4.74 Å². The van der Waals surface area contributed by atoms with Gasteiger partial charge in [-0.25, -0.2) is 0 Å². The van der Waals surface area contributed by atoms with Gasteiger partial charge >= 0.3 is 5.69 Å². The van der Waals surface area contributed by atoms with Crippen LogP contribution >= 0.6 is 0 Å². The van der Waals surface area contributed by atoms with Crippen molar-refractivity contribution >= 4 is 5.69 Å². The minimum absolute atomic E-state index is 0.00681. The third-order valence-electron chi connectivity index (χ3n) is 2.54. The van der Waals surface area contributed by atoms with E-state index in [0.29, 0.717) is 11.8 Å². The van der Waals surface area contributed by atoms with E-state index in [0.717, 1.165) is 18.5 Å². The van der Waals surface area contributed by atoms with Crippen LogP contribution in [0.15, 0.2) is 18.2 Å². The van der Waals surface area contributed by atoms with Crippen LogP contribution in [0.3, 0.4) is 0 Å².